The highest BCUT2D eigenvalue weighted by atomic mass is 16.5. The second-order valence-electron chi connectivity index (χ2n) is 4.93. The first-order valence-electron chi connectivity index (χ1n) is 6.50. The summed E-state index contributed by atoms with van der Waals surface area (Å²) in [5.41, 5.74) is 6.51. The van der Waals surface area contributed by atoms with Crippen molar-refractivity contribution in [3.05, 3.63) is 24.3 Å². The minimum absolute atomic E-state index is 0.126. The molecule has 2 rings (SSSR count). The third-order valence-corrected chi connectivity index (χ3v) is 3.24. The minimum Gasteiger partial charge on any atom is -0.489 e. The van der Waals surface area contributed by atoms with E-state index in [2.05, 4.69) is 18.7 Å². The number of nitrogens with zero attached hydrogens (tertiary/aromatic N) is 1. The molecule has 1 aromatic rings. The van der Waals surface area contributed by atoms with E-state index in [1.54, 1.807) is 0 Å². The molecule has 1 saturated heterocycles. The predicted octanol–water partition coefficient (Wildman–Crippen LogP) is 1.76. The van der Waals surface area contributed by atoms with Gasteiger partial charge in [-0.3, -0.25) is 4.90 Å². The summed E-state index contributed by atoms with van der Waals surface area (Å²) in [5, 5.41) is 0. The first-order valence-corrected chi connectivity index (χ1v) is 6.50. The van der Waals surface area contributed by atoms with Gasteiger partial charge in [0.15, 0.2) is 0 Å². The molecule has 1 unspecified atom stereocenters. The van der Waals surface area contributed by atoms with Crippen LogP contribution in [0.15, 0.2) is 24.3 Å². The number of anilines is 1. The molecule has 4 heteroatoms. The SMILES string of the molecule is CC(C)N1CCOC(COc2ccccc2N)C1. The predicted molar refractivity (Wildman–Crippen MR) is 72.8 cm³/mol. The number of nitrogens with two attached hydrogens (primary N) is 1. The van der Waals surface area contributed by atoms with Crippen LogP contribution in [-0.4, -0.2) is 43.3 Å². The Hall–Kier alpha value is -1.26. The van der Waals surface area contributed by atoms with Crippen LogP contribution in [0.5, 0.6) is 5.75 Å². The van der Waals surface area contributed by atoms with E-state index in [-0.39, 0.29) is 6.10 Å². The Morgan fingerprint density at radius 1 is 1.44 bits per heavy atom. The van der Waals surface area contributed by atoms with E-state index in [1.807, 2.05) is 24.3 Å². The monoisotopic (exact) mass is 250 g/mol. The first-order chi connectivity index (χ1) is 8.66. The van der Waals surface area contributed by atoms with Crippen molar-refractivity contribution in [1.29, 1.82) is 0 Å². The Kier molecular flexibility index (Phi) is 4.44. The molecule has 0 amide bonds. The van der Waals surface area contributed by atoms with E-state index < -0.39 is 0 Å². The fourth-order valence-corrected chi connectivity index (χ4v) is 2.11. The number of hydrogen-bond acceptors (Lipinski definition) is 4. The quantitative estimate of drug-likeness (QED) is 0.827. The highest BCUT2D eigenvalue weighted by Gasteiger charge is 2.22. The summed E-state index contributed by atoms with van der Waals surface area (Å²) >= 11 is 0. The van der Waals surface area contributed by atoms with E-state index in [4.69, 9.17) is 15.2 Å². The maximum Gasteiger partial charge on any atom is 0.142 e. The van der Waals surface area contributed by atoms with Crippen molar-refractivity contribution in [3.8, 4) is 5.75 Å². The molecule has 0 aromatic heterocycles. The van der Waals surface area contributed by atoms with Gasteiger partial charge in [-0.25, -0.2) is 0 Å². The zero-order valence-corrected chi connectivity index (χ0v) is 11.1. The van der Waals surface area contributed by atoms with Gasteiger partial charge in [0.25, 0.3) is 0 Å². The van der Waals surface area contributed by atoms with Crippen LogP contribution in [0, 0.1) is 0 Å². The van der Waals surface area contributed by atoms with E-state index in [0.717, 1.165) is 25.4 Å². The van der Waals surface area contributed by atoms with Gasteiger partial charge in [-0.1, -0.05) is 12.1 Å². The van der Waals surface area contributed by atoms with Crippen molar-refractivity contribution in [1.82, 2.24) is 4.90 Å². The van der Waals surface area contributed by atoms with Gasteiger partial charge in [-0.05, 0) is 26.0 Å². The van der Waals surface area contributed by atoms with Crippen molar-refractivity contribution >= 4 is 5.69 Å². The van der Waals surface area contributed by atoms with Crippen LogP contribution in [0.3, 0.4) is 0 Å². The van der Waals surface area contributed by atoms with Gasteiger partial charge >= 0.3 is 0 Å². The Morgan fingerprint density at radius 3 is 2.94 bits per heavy atom. The molecule has 100 valence electrons. The molecule has 1 aliphatic rings. The highest BCUT2D eigenvalue weighted by molar-refractivity contribution is 5.51. The molecule has 0 aliphatic carbocycles. The fraction of sp³-hybridized carbons (Fsp3) is 0.571. The van der Waals surface area contributed by atoms with Gasteiger partial charge in [0.05, 0.1) is 12.3 Å². The topological polar surface area (TPSA) is 47.7 Å². The largest absolute Gasteiger partial charge is 0.489 e. The van der Waals surface area contributed by atoms with Gasteiger partial charge in [-0.15, -0.1) is 0 Å². The second kappa shape index (κ2) is 6.07. The molecule has 1 heterocycles. The number of hydrogen-bond donors (Lipinski definition) is 1. The van der Waals surface area contributed by atoms with Crippen LogP contribution >= 0.6 is 0 Å². The Bertz CT molecular complexity index is 382. The average Bonchev–Trinajstić information content (AvgIpc) is 2.38. The van der Waals surface area contributed by atoms with Gasteiger partial charge in [0.1, 0.15) is 18.5 Å². The molecule has 1 aromatic carbocycles. The summed E-state index contributed by atoms with van der Waals surface area (Å²) in [7, 11) is 0. The lowest BCUT2D eigenvalue weighted by atomic mass is 10.2. The van der Waals surface area contributed by atoms with Crippen molar-refractivity contribution < 1.29 is 9.47 Å². The summed E-state index contributed by atoms with van der Waals surface area (Å²) in [6.45, 7) is 7.66. The summed E-state index contributed by atoms with van der Waals surface area (Å²) in [5.74, 6) is 0.739. The average molecular weight is 250 g/mol. The summed E-state index contributed by atoms with van der Waals surface area (Å²) in [6, 6.07) is 8.11. The lowest BCUT2D eigenvalue weighted by Crippen LogP contribution is -2.47. The minimum atomic E-state index is 0.126. The molecule has 0 radical (unpaired) electrons. The lowest BCUT2D eigenvalue weighted by Gasteiger charge is -2.35. The van der Waals surface area contributed by atoms with Gasteiger partial charge in [0.2, 0.25) is 0 Å². The zero-order chi connectivity index (χ0) is 13.0. The molecule has 0 saturated carbocycles. The van der Waals surface area contributed by atoms with Crippen molar-refractivity contribution in [2.75, 3.05) is 32.0 Å². The Labute approximate surface area is 109 Å². The molecule has 1 fully saturated rings. The highest BCUT2D eigenvalue weighted by Crippen LogP contribution is 2.20. The lowest BCUT2D eigenvalue weighted by molar-refractivity contribution is -0.0563. The Morgan fingerprint density at radius 2 is 2.22 bits per heavy atom. The normalized spacial score (nSPS) is 21.2. The van der Waals surface area contributed by atoms with Crippen LogP contribution in [0.25, 0.3) is 0 Å². The standard InChI is InChI=1S/C14H22N2O2/c1-11(2)16-7-8-17-12(9-16)10-18-14-6-4-3-5-13(14)15/h3-6,11-12H,7-10,15H2,1-2H3. The number of rotatable bonds is 4. The number of morpholine rings is 1. The third kappa shape index (κ3) is 3.37. The van der Waals surface area contributed by atoms with Gasteiger partial charge in [-0.2, -0.15) is 0 Å². The van der Waals surface area contributed by atoms with Crippen LogP contribution in [0.4, 0.5) is 5.69 Å². The number of benzene rings is 1. The van der Waals surface area contributed by atoms with Crippen LogP contribution < -0.4 is 10.5 Å². The van der Waals surface area contributed by atoms with E-state index in [9.17, 15) is 0 Å². The van der Waals surface area contributed by atoms with Crippen molar-refractivity contribution in [2.24, 2.45) is 0 Å². The zero-order valence-electron chi connectivity index (χ0n) is 11.1. The molecule has 4 nitrogen and oxygen atoms in total. The molecule has 1 atom stereocenters. The maximum absolute atomic E-state index is 5.84. The number of nitrogen functional groups attached to an aromatic ring is 1. The van der Waals surface area contributed by atoms with Crippen LogP contribution in [-0.2, 0) is 4.74 Å². The van der Waals surface area contributed by atoms with E-state index in [1.165, 1.54) is 0 Å². The second-order valence-corrected chi connectivity index (χ2v) is 4.93. The maximum atomic E-state index is 5.84. The Balaban J connectivity index is 1.85. The molecule has 0 bridgehead atoms. The van der Waals surface area contributed by atoms with Crippen LogP contribution in [0.1, 0.15) is 13.8 Å². The third-order valence-electron chi connectivity index (χ3n) is 3.24. The molecule has 1 aliphatic heterocycles. The molecule has 0 spiro atoms. The first kappa shape index (κ1) is 13.2. The van der Waals surface area contributed by atoms with Crippen LogP contribution in [0.2, 0.25) is 0 Å². The molecular formula is C14H22N2O2. The van der Waals surface area contributed by atoms with E-state index >= 15 is 0 Å². The molecular weight excluding hydrogens is 228 g/mol. The smallest absolute Gasteiger partial charge is 0.142 e. The van der Waals surface area contributed by atoms with E-state index in [0.29, 0.717) is 18.3 Å². The fourth-order valence-electron chi connectivity index (χ4n) is 2.11. The van der Waals surface area contributed by atoms with Gasteiger partial charge in [0, 0.05) is 19.1 Å². The summed E-state index contributed by atoms with van der Waals surface area (Å²) in [4.78, 5) is 2.41. The van der Waals surface area contributed by atoms with Crippen molar-refractivity contribution in [2.45, 2.75) is 26.0 Å². The van der Waals surface area contributed by atoms with Gasteiger partial charge < -0.3 is 15.2 Å². The number of ether oxygens (including phenoxy) is 2. The molecule has 18 heavy (non-hydrogen) atoms. The van der Waals surface area contributed by atoms with Crippen molar-refractivity contribution in [3.63, 3.8) is 0 Å². The number of para-hydroxylation sites is 2. The molecule has 2 N–H and O–H groups in total. The summed E-state index contributed by atoms with van der Waals surface area (Å²) < 4.78 is 11.4. The summed E-state index contributed by atoms with van der Waals surface area (Å²) in [6.07, 6.45) is 0.126.